The van der Waals surface area contributed by atoms with Crippen molar-refractivity contribution in [3.05, 3.63) is 41.3 Å². The molecule has 128 valence electrons. The quantitative estimate of drug-likeness (QED) is 0.903. The lowest BCUT2D eigenvalue weighted by atomic mass is 10.2. The lowest BCUT2D eigenvalue weighted by Gasteiger charge is -2.29. The van der Waals surface area contributed by atoms with E-state index in [0.29, 0.717) is 16.9 Å². The summed E-state index contributed by atoms with van der Waals surface area (Å²) in [5.74, 6) is 0.475. The Hall–Kier alpha value is -1.92. The van der Waals surface area contributed by atoms with Crippen LogP contribution in [0.5, 0.6) is 0 Å². The van der Waals surface area contributed by atoms with Crippen LogP contribution in [0.2, 0.25) is 5.02 Å². The number of amides is 1. The van der Waals surface area contributed by atoms with Gasteiger partial charge in [-0.1, -0.05) is 11.6 Å². The van der Waals surface area contributed by atoms with E-state index in [4.69, 9.17) is 11.6 Å². The molecule has 2 aromatic rings. The molecular formula is C17H22ClN5O. The number of nitrogens with one attached hydrogen (secondary N) is 1. The number of aromatic nitrogens is 3. The molecule has 0 unspecified atom stereocenters. The summed E-state index contributed by atoms with van der Waals surface area (Å²) >= 11 is 5.82. The summed E-state index contributed by atoms with van der Waals surface area (Å²) in [7, 11) is 0. The number of rotatable bonds is 5. The SMILES string of the molecule is Cc1cnn(C[C@@H]2CCCN2[C@H](C)C(=O)Nc2ccc(Cl)cn2)c1. The summed E-state index contributed by atoms with van der Waals surface area (Å²) in [4.78, 5) is 18.9. The van der Waals surface area contributed by atoms with Crippen LogP contribution in [0.3, 0.4) is 0 Å². The summed E-state index contributed by atoms with van der Waals surface area (Å²) in [5, 5.41) is 7.77. The highest BCUT2D eigenvalue weighted by atomic mass is 35.5. The first kappa shape index (κ1) is 16.9. The Morgan fingerprint density at radius 3 is 2.96 bits per heavy atom. The van der Waals surface area contributed by atoms with Crippen LogP contribution in [0.15, 0.2) is 30.7 Å². The maximum Gasteiger partial charge on any atom is 0.242 e. The van der Waals surface area contributed by atoms with Gasteiger partial charge >= 0.3 is 0 Å². The van der Waals surface area contributed by atoms with Gasteiger partial charge in [0.2, 0.25) is 5.91 Å². The molecule has 1 aliphatic heterocycles. The number of carbonyl (C=O) groups is 1. The molecule has 1 N–H and O–H groups in total. The molecule has 0 aliphatic carbocycles. The lowest BCUT2D eigenvalue weighted by molar-refractivity contribution is -0.121. The zero-order chi connectivity index (χ0) is 17.1. The average Bonchev–Trinajstić information content (AvgIpc) is 3.18. The number of hydrogen-bond acceptors (Lipinski definition) is 4. The van der Waals surface area contributed by atoms with Crippen molar-refractivity contribution in [1.82, 2.24) is 19.7 Å². The molecule has 0 spiro atoms. The molecule has 0 bridgehead atoms. The predicted molar refractivity (Wildman–Crippen MR) is 94.0 cm³/mol. The number of likely N-dealkylation sites (tertiary alicyclic amines) is 1. The van der Waals surface area contributed by atoms with Gasteiger partial charge in [0, 0.05) is 18.4 Å². The van der Waals surface area contributed by atoms with E-state index in [1.807, 2.05) is 30.9 Å². The van der Waals surface area contributed by atoms with E-state index in [1.165, 1.54) is 6.20 Å². The predicted octanol–water partition coefficient (Wildman–Crippen LogP) is 2.73. The molecule has 6 nitrogen and oxygen atoms in total. The molecule has 7 heteroatoms. The van der Waals surface area contributed by atoms with Crippen molar-refractivity contribution in [2.45, 2.75) is 45.3 Å². The molecule has 0 saturated carbocycles. The Bertz CT molecular complexity index is 699. The highest BCUT2D eigenvalue weighted by Gasteiger charge is 2.32. The summed E-state index contributed by atoms with van der Waals surface area (Å²) in [6, 6.07) is 3.53. The Kier molecular flexibility index (Phi) is 5.16. The Morgan fingerprint density at radius 2 is 2.29 bits per heavy atom. The van der Waals surface area contributed by atoms with Crippen LogP contribution < -0.4 is 5.32 Å². The smallest absolute Gasteiger partial charge is 0.242 e. The Balaban J connectivity index is 1.62. The van der Waals surface area contributed by atoms with E-state index in [2.05, 4.69) is 20.3 Å². The van der Waals surface area contributed by atoms with Crippen LogP contribution in [0.1, 0.15) is 25.3 Å². The van der Waals surface area contributed by atoms with Crippen LogP contribution >= 0.6 is 11.6 Å². The Labute approximate surface area is 146 Å². The number of aryl methyl sites for hydroxylation is 1. The Morgan fingerprint density at radius 1 is 1.46 bits per heavy atom. The van der Waals surface area contributed by atoms with Gasteiger partial charge in [0.25, 0.3) is 0 Å². The zero-order valence-corrected chi connectivity index (χ0v) is 14.7. The van der Waals surface area contributed by atoms with E-state index in [9.17, 15) is 4.79 Å². The van der Waals surface area contributed by atoms with Gasteiger partial charge in [-0.15, -0.1) is 0 Å². The first-order valence-corrected chi connectivity index (χ1v) is 8.58. The molecule has 3 rings (SSSR count). The van der Waals surface area contributed by atoms with Crippen LogP contribution in [-0.2, 0) is 11.3 Å². The number of hydrogen-bond donors (Lipinski definition) is 1. The summed E-state index contributed by atoms with van der Waals surface area (Å²) in [6.07, 6.45) is 7.61. The first-order chi connectivity index (χ1) is 11.5. The zero-order valence-electron chi connectivity index (χ0n) is 13.9. The van der Waals surface area contributed by atoms with Crippen molar-refractivity contribution in [2.24, 2.45) is 0 Å². The number of pyridine rings is 1. The molecule has 1 fully saturated rings. The minimum Gasteiger partial charge on any atom is -0.309 e. The molecule has 0 aromatic carbocycles. The van der Waals surface area contributed by atoms with E-state index >= 15 is 0 Å². The molecule has 3 heterocycles. The third kappa shape index (κ3) is 3.94. The number of halogens is 1. The van der Waals surface area contributed by atoms with Gasteiger partial charge in [-0.2, -0.15) is 5.10 Å². The highest BCUT2D eigenvalue weighted by Crippen LogP contribution is 2.22. The van der Waals surface area contributed by atoms with Crippen LogP contribution in [0.25, 0.3) is 0 Å². The highest BCUT2D eigenvalue weighted by molar-refractivity contribution is 6.30. The van der Waals surface area contributed by atoms with Crippen molar-refractivity contribution in [3.63, 3.8) is 0 Å². The fourth-order valence-corrected chi connectivity index (χ4v) is 3.29. The summed E-state index contributed by atoms with van der Waals surface area (Å²) in [6.45, 7) is 5.71. The third-order valence-electron chi connectivity index (χ3n) is 4.44. The van der Waals surface area contributed by atoms with Crippen molar-refractivity contribution < 1.29 is 4.79 Å². The van der Waals surface area contributed by atoms with Crippen LogP contribution in [-0.4, -0.2) is 44.2 Å². The first-order valence-electron chi connectivity index (χ1n) is 8.20. The van der Waals surface area contributed by atoms with Crippen LogP contribution in [0.4, 0.5) is 5.82 Å². The van der Waals surface area contributed by atoms with Crippen molar-refractivity contribution in [1.29, 1.82) is 0 Å². The molecule has 2 aromatic heterocycles. The van der Waals surface area contributed by atoms with E-state index in [-0.39, 0.29) is 11.9 Å². The normalized spacial score (nSPS) is 19.4. The van der Waals surface area contributed by atoms with Crippen molar-refractivity contribution >= 4 is 23.3 Å². The minimum atomic E-state index is -0.216. The summed E-state index contributed by atoms with van der Waals surface area (Å²) in [5.41, 5.74) is 1.15. The van der Waals surface area contributed by atoms with E-state index < -0.39 is 0 Å². The minimum absolute atomic E-state index is 0.0478. The molecular weight excluding hydrogens is 326 g/mol. The molecule has 1 amide bonds. The van der Waals surface area contributed by atoms with Crippen LogP contribution in [0, 0.1) is 6.92 Å². The molecule has 0 radical (unpaired) electrons. The van der Waals surface area contributed by atoms with Gasteiger partial charge in [-0.25, -0.2) is 4.98 Å². The van der Waals surface area contributed by atoms with E-state index in [1.54, 1.807) is 12.1 Å². The van der Waals surface area contributed by atoms with Gasteiger partial charge in [-0.05, 0) is 50.9 Å². The van der Waals surface area contributed by atoms with Crippen molar-refractivity contribution in [2.75, 3.05) is 11.9 Å². The maximum atomic E-state index is 12.5. The van der Waals surface area contributed by atoms with Gasteiger partial charge in [-0.3, -0.25) is 14.4 Å². The monoisotopic (exact) mass is 347 g/mol. The third-order valence-corrected chi connectivity index (χ3v) is 4.66. The standard InChI is InChI=1S/C17H22ClN5O/c1-12-8-20-22(10-12)11-15-4-3-7-23(15)13(2)17(24)21-16-6-5-14(18)9-19-16/h5-6,8-10,13,15H,3-4,7,11H2,1-2H3,(H,19,21,24)/t13-,15+/m1/s1. The van der Waals surface area contributed by atoms with Gasteiger partial charge in [0.15, 0.2) is 0 Å². The second kappa shape index (κ2) is 7.32. The van der Waals surface area contributed by atoms with Gasteiger partial charge in [0.05, 0.1) is 23.8 Å². The van der Waals surface area contributed by atoms with Gasteiger partial charge < -0.3 is 5.32 Å². The molecule has 24 heavy (non-hydrogen) atoms. The molecule has 1 saturated heterocycles. The summed E-state index contributed by atoms with van der Waals surface area (Å²) < 4.78 is 1.96. The topological polar surface area (TPSA) is 63.1 Å². The largest absolute Gasteiger partial charge is 0.309 e. The van der Waals surface area contributed by atoms with E-state index in [0.717, 1.165) is 31.5 Å². The average molecular weight is 348 g/mol. The second-order valence-electron chi connectivity index (χ2n) is 6.30. The fourth-order valence-electron chi connectivity index (χ4n) is 3.18. The van der Waals surface area contributed by atoms with Crippen molar-refractivity contribution in [3.8, 4) is 0 Å². The second-order valence-corrected chi connectivity index (χ2v) is 6.74. The number of carbonyl (C=O) groups excluding carboxylic acids is 1. The fraction of sp³-hybridized carbons (Fsp3) is 0.471. The molecule has 2 atom stereocenters. The number of anilines is 1. The number of nitrogens with zero attached hydrogens (tertiary/aromatic N) is 4. The molecule has 1 aliphatic rings. The lowest BCUT2D eigenvalue weighted by Crippen LogP contribution is -2.46. The maximum absolute atomic E-state index is 12.5. The van der Waals surface area contributed by atoms with Gasteiger partial charge in [0.1, 0.15) is 5.82 Å².